The third-order valence-corrected chi connectivity index (χ3v) is 6.72. The summed E-state index contributed by atoms with van der Waals surface area (Å²) in [6.45, 7) is 3.14. The summed E-state index contributed by atoms with van der Waals surface area (Å²) in [6.07, 6.45) is 2.49. The van der Waals surface area contributed by atoms with E-state index in [2.05, 4.69) is 15.6 Å². The first-order valence-corrected chi connectivity index (χ1v) is 12.0. The summed E-state index contributed by atoms with van der Waals surface area (Å²) in [5, 5.41) is 10.8. The molecule has 176 valence electrons. The number of nitrogens with one attached hydrogen (secondary N) is 2. The van der Waals surface area contributed by atoms with Gasteiger partial charge in [-0.3, -0.25) is 25.5 Å². The molecule has 0 aliphatic carbocycles. The average Bonchev–Trinajstić information content (AvgIpc) is 3.49. The molecule has 9 heteroatoms. The van der Waals surface area contributed by atoms with E-state index in [1.807, 2.05) is 42.5 Å². The molecule has 0 atom stereocenters. The molecular weight excluding hydrogens is 448 g/mol. The molecule has 0 bridgehead atoms. The summed E-state index contributed by atoms with van der Waals surface area (Å²) < 4.78 is 0. The number of hydrazine groups is 1. The number of benzene rings is 2. The molecule has 2 heterocycles. The van der Waals surface area contributed by atoms with Gasteiger partial charge in [0.1, 0.15) is 5.00 Å². The predicted octanol–water partition coefficient (Wildman–Crippen LogP) is 1.64. The third kappa shape index (κ3) is 5.62. The fourth-order valence-electron chi connectivity index (χ4n) is 3.87. The number of nitrogen functional groups attached to an aromatic ring is 1. The van der Waals surface area contributed by atoms with Crippen LogP contribution in [0.4, 0.5) is 10.7 Å². The SMILES string of the molecule is CN(NC(=O)c1cc(C(=[NH2+])NC(=O)c2ccc(CN3CCCC3)cc2)c(N)s1)c1ccccc1. The molecule has 1 aliphatic rings. The number of para-hydroxylation sites is 1. The maximum absolute atomic E-state index is 12.7. The van der Waals surface area contributed by atoms with Crippen LogP contribution in [0.3, 0.4) is 0 Å². The van der Waals surface area contributed by atoms with E-state index in [1.165, 1.54) is 18.4 Å². The molecule has 1 aliphatic heterocycles. The van der Waals surface area contributed by atoms with E-state index in [0.717, 1.165) is 36.7 Å². The van der Waals surface area contributed by atoms with Crippen molar-refractivity contribution in [3.8, 4) is 0 Å². The molecule has 0 saturated carbocycles. The van der Waals surface area contributed by atoms with Crippen LogP contribution in [0.5, 0.6) is 0 Å². The first-order valence-electron chi connectivity index (χ1n) is 11.1. The van der Waals surface area contributed by atoms with Crippen molar-refractivity contribution >= 4 is 39.7 Å². The molecule has 0 spiro atoms. The number of nitrogens with zero attached hydrogens (tertiary/aromatic N) is 2. The normalized spacial score (nSPS) is 13.4. The Morgan fingerprint density at radius 1 is 1.06 bits per heavy atom. The maximum atomic E-state index is 12.7. The van der Waals surface area contributed by atoms with Crippen LogP contribution in [0.1, 0.15) is 44.0 Å². The number of carbonyl (C=O) groups excluding carboxylic acids is 2. The highest BCUT2D eigenvalue weighted by Crippen LogP contribution is 2.25. The monoisotopic (exact) mass is 477 g/mol. The summed E-state index contributed by atoms with van der Waals surface area (Å²) in [5.41, 5.74) is 11.8. The van der Waals surface area contributed by atoms with Crippen LogP contribution in [0, 0.1) is 0 Å². The molecule has 0 radical (unpaired) electrons. The number of hydrogen-bond donors (Lipinski definition) is 4. The maximum Gasteiger partial charge on any atom is 0.339 e. The Kier molecular flexibility index (Phi) is 7.24. The zero-order valence-electron chi connectivity index (χ0n) is 19.1. The number of amides is 2. The fraction of sp³-hybridized carbons (Fsp3) is 0.240. The van der Waals surface area contributed by atoms with Crippen molar-refractivity contribution in [1.29, 1.82) is 0 Å². The van der Waals surface area contributed by atoms with E-state index >= 15 is 0 Å². The van der Waals surface area contributed by atoms with Crippen molar-refractivity contribution in [1.82, 2.24) is 15.6 Å². The van der Waals surface area contributed by atoms with Crippen LogP contribution >= 0.6 is 11.3 Å². The molecule has 2 amide bonds. The second-order valence-corrected chi connectivity index (χ2v) is 9.36. The van der Waals surface area contributed by atoms with Crippen molar-refractivity contribution in [2.45, 2.75) is 19.4 Å². The highest BCUT2D eigenvalue weighted by molar-refractivity contribution is 7.18. The van der Waals surface area contributed by atoms with Gasteiger partial charge in [-0.2, -0.15) is 0 Å². The Labute approximate surface area is 202 Å². The number of likely N-dealkylation sites (tertiary alicyclic amines) is 1. The van der Waals surface area contributed by atoms with Gasteiger partial charge in [0.05, 0.1) is 21.7 Å². The number of nitrogens with two attached hydrogens (primary N) is 2. The van der Waals surface area contributed by atoms with E-state index in [4.69, 9.17) is 11.1 Å². The largest absolute Gasteiger partial charge is 0.390 e. The Balaban J connectivity index is 1.36. The van der Waals surface area contributed by atoms with E-state index in [0.29, 0.717) is 21.0 Å². The van der Waals surface area contributed by atoms with Crippen LogP contribution in [-0.4, -0.2) is 42.7 Å². The highest BCUT2D eigenvalue weighted by atomic mass is 32.1. The standard InChI is InChI=1S/C25H28N6O2S/c1-30(19-7-3-2-4-8-19)29-25(33)21-15-20(23(27)34-21)22(26)28-24(32)18-11-9-17(10-12-18)16-31-13-5-6-14-31/h2-4,7-12,15H,5-6,13-14,16,27H2,1H3,(H,29,33)(H2,26,28,32)/p+1. The summed E-state index contributed by atoms with van der Waals surface area (Å²) in [5.74, 6) is -0.539. The van der Waals surface area contributed by atoms with Crippen LogP contribution in [0.15, 0.2) is 60.7 Å². The van der Waals surface area contributed by atoms with E-state index in [9.17, 15) is 9.59 Å². The van der Waals surface area contributed by atoms with Crippen LogP contribution in [-0.2, 0) is 6.54 Å². The molecule has 34 heavy (non-hydrogen) atoms. The molecule has 6 N–H and O–H groups in total. The zero-order valence-corrected chi connectivity index (χ0v) is 19.9. The van der Waals surface area contributed by atoms with E-state index in [1.54, 1.807) is 30.3 Å². The molecule has 2 aromatic carbocycles. The van der Waals surface area contributed by atoms with Gasteiger partial charge in [-0.05, 0) is 61.8 Å². The molecule has 8 nitrogen and oxygen atoms in total. The second kappa shape index (κ2) is 10.5. The zero-order chi connectivity index (χ0) is 24.1. The second-order valence-electron chi connectivity index (χ2n) is 8.27. The van der Waals surface area contributed by atoms with Crippen LogP contribution in [0.2, 0.25) is 0 Å². The molecule has 3 aromatic rings. The molecule has 4 rings (SSSR count). The highest BCUT2D eigenvalue weighted by Gasteiger charge is 2.23. The predicted molar refractivity (Wildman–Crippen MR) is 135 cm³/mol. The Morgan fingerprint density at radius 2 is 1.74 bits per heavy atom. The molecule has 1 fully saturated rings. The fourth-order valence-corrected chi connectivity index (χ4v) is 4.70. The summed E-state index contributed by atoms with van der Waals surface area (Å²) >= 11 is 1.11. The molecular formula is C25H29N6O2S+. The van der Waals surface area contributed by atoms with Gasteiger partial charge < -0.3 is 5.73 Å². The smallest absolute Gasteiger partial charge is 0.339 e. The minimum atomic E-state index is -0.328. The number of rotatable bonds is 7. The van der Waals surface area contributed by atoms with Gasteiger partial charge >= 0.3 is 5.91 Å². The molecule has 1 saturated heterocycles. The number of carbonyl (C=O) groups is 2. The lowest BCUT2D eigenvalue weighted by Gasteiger charge is -2.19. The van der Waals surface area contributed by atoms with Gasteiger partial charge in [0.2, 0.25) is 0 Å². The van der Waals surface area contributed by atoms with Gasteiger partial charge in [0.25, 0.3) is 11.7 Å². The van der Waals surface area contributed by atoms with Crippen LogP contribution < -0.4 is 26.9 Å². The van der Waals surface area contributed by atoms with Gasteiger partial charge in [0.15, 0.2) is 0 Å². The van der Waals surface area contributed by atoms with Gasteiger partial charge in [-0.15, -0.1) is 11.3 Å². The lowest BCUT2D eigenvalue weighted by atomic mass is 10.1. The van der Waals surface area contributed by atoms with Crippen molar-refractivity contribution in [3.63, 3.8) is 0 Å². The summed E-state index contributed by atoms with van der Waals surface area (Å²) in [4.78, 5) is 28.2. The topological polar surface area (TPSA) is 116 Å². The van der Waals surface area contributed by atoms with Gasteiger partial charge in [-0.1, -0.05) is 30.3 Å². The summed E-state index contributed by atoms with van der Waals surface area (Å²) in [6, 6.07) is 18.6. The van der Waals surface area contributed by atoms with Gasteiger partial charge in [-0.25, -0.2) is 10.1 Å². The number of amidine groups is 1. The Bertz CT molecular complexity index is 1170. The van der Waals surface area contributed by atoms with E-state index < -0.39 is 0 Å². The average molecular weight is 478 g/mol. The number of hydrogen-bond acceptors (Lipinski definition) is 6. The summed E-state index contributed by atoms with van der Waals surface area (Å²) in [7, 11) is 1.75. The first-order chi connectivity index (χ1) is 16.4. The van der Waals surface area contributed by atoms with Crippen molar-refractivity contribution in [3.05, 3.63) is 82.2 Å². The lowest BCUT2D eigenvalue weighted by Crippen LogP contribution is -2.51. The molecule has 1 aromatic heterocycles. The lowest BCUT2D eigenvalue weighted by molar-refractivity contribution is -0.116. The number of thiophene rings is 1. The Hall–Kier alpha value is -3.69. The minimum absolute atomic E-state index is 0.107. The van der Waals surface area contributed by atoms with Crippen LogP contribution in [0.25, 0.3) is 0 Å². The molecule has 0 unspecified atom stereocenters. The van der Waals surface area contributed by atoms with Gasteiger partial charge in [0, 0.05) is 13.6 Å². The third-order valence-electron chi connectivity index (χ3n) is 5.76. The van der Waals surface area contributed by atoms with Crippen molar-refractivity contribution < 1.29 is 15.0 Å². The van der Waals surface area contributed by atoms with E-state index in [-0.39, 0.29) is 17.6 Å². The number of anilines is 2. The van der Waals surface area contributed by atoms with Crippen molar-refractivity contribution in [2.75, 3.05) is 30.9 Å². The minimum Gasteiger partial charge on any atom is -0.390 e. The van der Waals surface area contributed by atoms with Crippen molar-refractivity contribution in [2.24, 2.45) is 0 Å². The first kappa shape index (κ1) is 23.5. The Morgan fingerprint density at radius 3 is 2.41 bits per heavy atom. The quantitative estimate of drug-likeness (QED) is 0.235.